The van der Waals surface area contributed by atoms with Gasteiger partial charge < -0.3 is 4.74 Å². The van der Waals surface area contributed by atoms with Crippen molar-refractivity contribution in [3.8, 4) is 11.8 Å². The lowest BCUT2D eigenvalue weighted by Crippen LogP contribution is -1.92. The van der Waals surface area contributed by atoms with Gasteiger partial charge in [0.05, 0.1) is 17.7 Å². The van der Waals surface area contributed by atoms with Crippen molar-refractivity contribution in [2.75, 3.05) is 7.11 Å². The van der Waals surface area contributed by atoms with E-state index in [1.807, 2.05) is 0 Å². The summed E-state index contributed by atoms with van der Waals surface area (Å²) in [7, 11) is 1.54. The topological polar surface area (TPSA) is 45.9 Å². The Morgan fingerprint density at radius 2 is 1.95 bits per heavy atom. The summed E-state index contributed by atoms with van der Waals surface area (Å²) in [5.74, 6) is 0.557. The third-order valence-corrected chi connectivity index (χ3v) is 3.33. The van der Waals surface area contributed by atoms with Crippen molar-refractivity contribution < 1.29 is 4.74 Å². The van der Waals surface area contributed by atoms with Crippen LogP contribution in [0.4, 0.5) is 0 Å². The summed E-state index contributed by atoms with van der Waals surface area (Å²) in [5, 5.41) is 10.2. The molecule has 0 spiro atoms. The predicted octanol–water partition coefficient (Wildman–Crippen LogP) is 4.37. The van der Waals surface area contributed by atoms with Gasteiger partial charge in [-0.2, -0.15) is 5.26 Å². The quantitative estimate of drug-likeness (QED) is 0.791. The highest BCUT2D eigenvalue weighted by Gasteiger charge is 2.14. The Bertz CT molecular complexity index is 691. The SMILES string of the molecule is COc1ccc(Cl)cc1/C(Cl)=C(/C#N)c1ccncc1. The predicted molar refractivity (Wildman–Crippen MR) is 80.5 cm³/mol. The molecular weight excluding hydrogens is 295 g/mol. The molecule has 0 atom stereocenters. The lowest BCUT2D eigenvalue weighted by molar-refractivity contribution is 0.414. The fraction of sp³-hybridized carbons (Fsp3) is 0.0667. The maximum atomic E-state index is 9.36. The van der Waals surface area contributed by atoms with Gasteiger partial charge in [0.1, 0.15) is 11.8 Å². The second kappa shape index (κ2) is 6.42. The molecule has 0 amide bonds. The minimum absolute atomic E-state index is 0.290. The monoisotopic (exact) mass is 304 g/mol. The number of hydrogen-bond acceptors (Lipinski definition) is 3. The van der Waals surface area contributed by atoms with Gasteiger partial charge in [0.25, 0.3) is 0 Å². The van der Waals surface area contributed by atoms with Crippen molar-refractivity contribution in [3.05, 3.63) is 58.9 Å². The van der Waals surface area contributed by atoms with Gasteiger partial charge >= 0.3 is 0 Å². The number of aromatic nitrogens is 1. The molecular formula is C15H10Cl2N2O. The van der Waals surface area contributed by atoms with Crippen molar-refractivity contribution in [1.82, 2.24) is 4.98 Å². The molecule has 1 aromatic heterocycles. The lowest BCUT2D eigenvalue weighted by Gasteiger charge is -2.10. The van der Waals surface area contributed by atoms with E-state index in [4.69, 9.17) is 27.9 Å². The first kappa shape index (κ1) is 14.4. The van der Waals surface area contributed by atoms with Gasteiger partial charge in [-0.25, -0.2) is 0 Å². The van der Waals surface area contributed by atoms with E-state index in [9.17, 15) is 5.26 Å². The normalized spacial score (nSPS) is 11.5. The van der Waals surface area contributed by atoms with E-state index in [2.05, 4.69) is 11.1 Å². The molecule has 3 nitrogen and oxygen atoms in total. The molecule has 0 saturated carbocycles. The highest BCUT2D eigenvalue weighted by Crippen LogP contribution is 2.36. The number of allylic oxidation sites excluding steroid dienone is 1. The van der Waals surface area contributed by atoms with E-state index >= 15 is 0 Å². The zero-order valence-electron chi connectivity index (χ0n) is 10.6. The van der Waals surface area contributed by atoms with Gasteiger partial charge in [0.2, 0.25) is 0 Å². The fourth-order valence-electron chi connectivity index (χ4n) is 1.75. The van der Waals surface area contributed by atoms with Gasteiger partial charge in [-0.15, -0.1) is 0 Å². The van der Waals surface area contributed by atoms with Crippen LogP contribution in [0, 0.1) is 11.3 Å². The van der Waals surface area contributed by atoms with Gasteiger partial charge in [0, 0.05) is 23.0 Å². The van der Waals surface area contributed by atoms with E-state index < -0.39 is 0 Å². The smallest absolute Gasteiger partial charge is 0.127 e. The highest BCUT2D eigenvalue weighted by molar-refractivity contribution is 6.53. The van der Waals surface area contributed by atoms with E-state index in [1.54, 1.807) is 42.7 Å². The first-order chi connectivity index (χ1) is 9.67. The van der Waals surface area contributed by atoms with Crippen LogP contribution >= 0.6 is 23.2 Å². The Labute approximate surface area is 127 Å². The molecule has 100 valence electrons. The number of pyridine rings is 1. The number of nitrogens with zero attached hydrogens (tertiary/aromatic N) is 2. The second-order valence-electron chi connectivity index (χ2n) is 3.88. The molecule has 20 heavy (non-hydrogen) atoms. The standard InChI is InChI=1S/C15H10Cl2N2O/c1-20-14-3-2-11(16)8-12(14)15(17)13(9-18)10-4-6-19-7-5-10/h2-8H,1H3/b15-13+. The largest absolute Gasteiger partial charge is 0.496 e. The first-order valence-corrected chi connectivity index (χ1v) is 6.47. The van der Waals surface area contributed by atoms with Crippen LogP contribution in [0.15, 0.2) is 42.7 Å². The van der Waals surface area contributed by atoms with Crippen molar-refractivity contribution in [3.63, 3.8) is 0 Å². The van der Waals surface area contributed by atoms with Crippen LogP contribution in [0.3, 0.4) is 0 Å². The Kier molecular flexibility index (Phi) is 4.62. The summed E-state index contributed by atoms with van der Waals surface area (Å²) in [4.78, 5) is 3.92. The maximum absolute atomic E-state index is 9.36. The van der Waals surface area contributed by atoms with Crippen LogP contribution < -0.4 is 4.74 Å². The lowest BCUT2D eigenvalue weighted by atomic mass is 10.0. The third kappa shape index (κ3) is 2.93. The molecule has 0 bridgehead atoms. The van der Waals surface area contributed by atoms with Gasteiger partial charge in [-0.3, -0.25) is 4.98 Å². The van der Waals surface area contributed by atoms with Crippen LogP contribution in [0.2, 0.25) is 5.02 Å². The summed E-state index contributed by atoms with van der Waals surface area (Å²) >= 11 is 12.3. The summed E-state index contributed by atoms with van der Waals surface area (Å²) in [6, 6.07) is 10.6. The molecule has 2 aromatic rings. The first-order valence-electron chi connectivity index (χ1n) is 5.71. The van der Waals surface area contributed by atoms with Crippen molar-refractivity contribution in [1.29, 1.82) is 5.26 Å². The summed E-state index contributed by atoms with van der Waals surface area (Å²) in [5.41, 5.74) is 1.61. The Morgan fingerprint density at radius 3 is 2.55 bits per heavy atom. The summed E-state index contributed by atoms with van der Waals surface area (Å²) < 4.78 is 5.25. The molecule has 1 aromatic carbocycles. The molecule has 0 N–H and O–H groups in total. The number of ether oxygens (including phenoxy) is 1. The van der Waals surface area contributed by atoms with Crippen molar-refractivity contribution >= 4 is 33.8 Å². The Morgan fingerprint density at radius 1 is 1.25 bits per heavy atom. The fourth-order valence-corrected chi connectivity index (χ4v) is 2.22. The number of benzene rings is 1. The molecule has 5 heteroatoms. The van der Waals surface area contributed by atoms with Crippen molar-refractivity contribution in [2.24, 2.45) is 0 Å². The van der Waals surface area contributed by atoms with Crippen LogP contribution in [-0.2, 0) is 0 Å². The summed E-state index contributed by atoms with van der Waals surface area (Å²) in [6.07, 6.45) is 3.21. The third-order valence-electron chi connectivity index (χ3n) is 2.70. The number of nitriles is 1. The summed E-state index contributed by atoms with van der Waals surface area (Å²) in [6.45, 7) is 0. The Balaban J connectivity index is 2.64. The van der Waals surface area contributed by atoms with Gasteiger partial charge in [-0.1, -0.05) is 23.2 Å². The van der Waals surface area contributed by atoms with Crippen LogP contribution in [-0.4, -0.2) is 12.1 Å². The number of methoxy groups -OCH3 is 1. The molecule has 1 heterocycles. The van der Waals surface area contributed by atoms with E-state index in [0.717, 1.165) is 0 Å². The second-order valence-corrected chi connectivity index (χ2v) is 4.70. The minimum Gasteiger partial charge on any atom is -0.496 e. The molecule has 0 aliphatic rings. The maximum Gasteiger partial charge on any atom is 0.127 e. The molecule has 0 unspecified atom stereocenters. The van der Waals surface area contributed by atoms with Gasteiger partial charge in [0.15, 0.2) is 0 Å². The molecule has 0 radical (unpaired) electrons. The van der Waals surface area contributed by atoms with Crippen LogP contribution in [0.25, 0.3) is 10.6 Å². The highest BCUT2D eigenvalue weighted by atomic mass is 35.5. The van der Waals surface area contributed by atoms with Gasteiger partial charge in [-0.05, 0) is 35.9 Å². The zero-order chi connectivity index (χ0) is 14.5. The Hall–Kier alpha value is -2.02. The van der Waals surface area contributed by atoms with Crippen LogP contribution in [0.1, 0.15) is 11.1 Å². The minimum atomic E-state index is 0.290. The van der Waals surface area contributed by atoms with Crippen molar-refractivity contribution in [2.45, 2.75) is 0 Å². The average Bonchev–Trinajstić information content (AvgIpc) is 2.49. The molecule has 0 fully saturated rings. The zero-order valence-corrected chi connectivity index (χ0v) is 12.1. The molecule has 0 aliphatic heterocycles. The average molecular weight is 305 g/mol. The molecule has 0 saturated heterocycles. The van der Waals surface area contributed by atoms with Crippen LogP contribution in [0.5, 0.6) is 5.75 Å². The number of rotatable bonds is 3. The number of hydrogen-bond donors (Lipinski definition) is 0. The molecule has 2 rings (SSSR count). The molecule has 0 aliphatic carbocycles. The van der Waals surface area contributed by atoms with E-state index in [0.29, 0.717) is 27.5 Å². The van der Waals surface area contributed by atoms with E-state index in [1.165, 1.54) is 7.11 Å². The van der Waals surface area contributed by atoms with E-state index in [-0.39, 0.29) is 5.03 Å². The number of halogens is 2.